The van der Waals surface area contributed by atoms with Gasteiger partial charge in [0.1, 0.15) is 12.0 Å². The predicted molar refractivity (Wildman–Crippen MR) is 57.5 cm³/mol. The molecule has 1 aromatic carbocycles. The SMILES string of the molecule is COc1ccc(C(=O)O)cc1C#CCC=O. The van der Waals surface area contributed by atoms with E-state index in [0.29, 0.717) is 17.6 Å². The molecule has 0 aliphatic rings. The molecule has 16 heavy (non-hydrogen) atoms. The van der Waals surface area contributed by atoms with Crippen LogP contribution in [0.2, 0.25) is 0 Å². The second kappa shape index (κ2) is 5.56. The Bertz CT molecular complexity index is 466. The van der Waals surface area contributed by atoms with Crippen molar-refractivity contribution in [1.29, 1.82) is 0 Å². The molecule has 1 N–H and O–H groups in total. The van der Waals surface area contributed by atoms with E-state index >= 15 is 0 Å². The molecule has 0 bridgehead atoms. The molecule has 0 aliphatic heterocycles. The summed E-state index contributed by atoms with van der Waals surface area (Å²) in [6, 6.07) is 4.39. The first-order valence-corrected chi connectivity index (χ1v) is 4.53. The van der Waals surface area contributed by atoms with Crippen LogP contribution in [0.1, 0.15) is 22.3 Å². The fourth-order valence-corrected chi connectivity index (χ4v) is 1.13. The second-order valence-electron chi connectivity index (χ2n) is 2.89. The Morgan fingerprint density at radius 1 is 1.56 bits per heavy atom. The maximum atomic E-state index is 10.7. The van der Waals surface area contributed by atoms with Gasteiger partial charge in [-0.15, -0.1) is 0 Å². The van der Waals surface area contributed by atoms with Gasteiger partial charge in [0.25, 0.3) is 0 Å². The zero-order valence-corrected chi connectivity index (χ0v) is 8.69. The third kappa shape index (κ3) is 2.85. The van der Waals surface area contributed by atoms with Gasteiger partial charge in [-0.25, -0.2) is 4.79 Å². The van der Waals surface area contributed by atoms with Crippen LogP contribution in [0.5, 0.6) is 5.75 Å². The van der Waals surface area contributed by atoms with E-state index in [-0.39, 0.29) is 12.0 Å². The average Bonchev–Trinajstić information content (AvgIpc) is 2.29. The smallest absolute Gasteiger partial charge is 0.335 e. The van der Waals surface area contributed by atoms with Gasteiger partial charge in [-0.1, -0.05) is 11.8 Å². The monoisotopic (exact) mass is 218 g/mol. The van der Waals surface area contributed by atoms with Gasteiger partial charge in [-0.3, -0.25) is 0 Å². The first-order chi connectivity index (χ1) is 7.69. The van der Waals surface area contributed by atoms with Crippen molar-refractivity contribution in [3.63, 3.8) is 0 Å². The van der Waals surface area contributed by atoms with Crippen LogP contribution in [-0.4, -0.2) is 24.5 Å². The first kappa shape index (κ1) is 11.8. The highest BCUT2D eigenvalue weighted by atomic mass is 16.5. The highest BCUT2D eigenvalue weighted by Crippen LogP contribution is 2.18. The summed E-state index contributed by atoms with van der Waals surface area (Å²) < 4.78 is 5.03. The van der Waals surface area contributed by atoms with Crippen molar-refractivity contribution in [2.24, 2.45) is 0 Å². The minimum absolute atomic E-state index is 0.112. The van der Waals surface area contributed by atoms with E-state index in [1.807, 2.05) is 0 Å². The maximum absolute atomic E-state index is 10.7. The van der Waals surface area contributed by atoms with Gasteiger partial charge in [0.15, 0.2) is 0 Å². The van der Waals surface area contributed by atoms with Gasteiger partial charge in [-0.2, -0.15) is 0 Å². The second-order valence-corrected chi connectivity index (χ2v) is 2.89. The van der Waals surface area contributed by atoms with Crippen molar-refractivity contribution in [3.05, 3.63) is 29.3 Å². The van der Waals surface area contributed by atoms with Crippen LogP contribution in [0, 0.1) is 11.8 Å². The van der Waals surface area contributed by atoms with Crippen molar-refractivity contribution >= 4 is 12.3 Å². The van der Waals surface area contributed by atoms with Crippen molar-refractivity contribution in [3.8, 4) is 17.6 Å². The summed E-state index contributed by atoms with van der Waals surface area (Å²) in [5, 5.41) is 8.80. The summed E-state index contributed by atoms with van der Waals surface area (Å²) >= 11 is 0. The Labute approximate surface area is 92.9 Å². The topological polar surface area (TPSA) is 63.6 Å². The van der Waals surface area contributed by atoms with E-state index in [1.165, 1.54) is 25.3 Å². The predicted octanol–water partition coefficient (Wildman–Crippen LogP) is 1.33. The minimum atomic E-state index is -1.03. The van der Waals surface area contributed by atoms with Crippen molar-refractivity contribution < 1.29 is 19.4 Å². The largest absolute Gasteiger partial charge is 0.495 e. The minimum Gasteiger partial charge on any atom is -0.495 e. The fraction of sp³-hybridized carbons (Fsp3) is 0.167. The Morgan fingerprint density at radius 2 is 2.31 bits per heavy atom. The Morgan fingerprint density at radius 3 is 2.88 bits per heavy atom. The van der Waals surface area contributed by atoms with Crippen LogP contribution in [0.4, 0.5) is 0 Å². The summed E-state index contributed by atoms with van der Waals surface area (Å²) in [5.74, 6) is 4.75. The van der Waals surface area contributed by atoms with Crippen LogP contribution in [0.15, 0.2) is 18.2 Å². The maximum Gasteiger partial charge on any atom is 0.335 e. The number of hydrogen-bond acceptors (Lipinski definition) is 3. The number of aldehydes is 1. The molecule has 82 valence electrons. The van der Waals surface area contributed by atoms with Gasteiger partial charge in [-0.05, 0) is 18.2 Å². The number of hydrogen-bond donors (Lipinski definition) is 1. The molecule has 0 unspecified atom stereocenters. The molecule has 0 amide bonds. The van der Waals surface area contributed by atoms with Gasteiger partial charge >= 0.3 is 5.97 Å². The van der Waals surface area contributed by atoms with Crippen molar-refractivity contribution in [1.82, 2.24) is 0 Å². The lowest BCUT2D eigenvalue weighted by molar-refractivity contribution is -0.107. The Balaban J connectivity index is 3.13. The number of carbonyl (C=O) groups is 2. The van der Waals surface area contributed by atoms with Gasteiger partial charge in [0.05, 0.1) is 24.7 Å². The van der Waals surface area contributed by atoms with E-state index in [9.17, 15) is 9.59 Å². The van der Waals surface area contributed by atoms with Crippen LogP contribution in [0.3, 0.4) is 0 Å². The van der Waals surface area contributed by atoms with E-state index in [1.54, 1.807) is 0 Å². The number of benzene rings is 1. The number of rotatable bonds is 3. The summed E-state index contributed by atoms with van der Waals surface area (Å²) in [6.07, 6.45) is 0.793. The summed E-state index contributed by atoms with van der Waals surface area (Å²) in [5.41, 5.74) is 0.598. The lowest BCUT2D eigenvalue weighted by atomic mass is 10.1. The quantitative estimate of drug-likeness (QED) is 0.614. The lowest BCUT2D eigenvalue weighted by Gasteiger charge is -2.03. The highest BCUT2D eigenvalue weighted by Gasteiger charge is 2.06. The van der Waals surface area contributed by atoms with E-state index in [0.717, 1.165) is 0 Å². The Hall–Kier alpha value is -2.28. The van der Waals surface area contributed by atoms with Gasteiger partial charge in [0, 0.05) is 0 Å². The molecule has 0 saturated heterocycles. The molecule has 0 atom stereocenters. The molecule has 4 nitrogen and oxygen atoms in total. The number of methoxy groups -OCH3 is 1. The molecule has 0 aliphatic carbocycles. The number of ether oxygens (including phenoxy) is 1. The highest BCUT2D eigenvalue weighted by molar-refractivity contribution is 5.88. The van der Waals surface area contributed by atoms with Crippen molar-refractivity contribution in [2.45, 2.75) is 6.42 Å². The molecule has 1 rings (SSSR count). The molecule has 1 aromatic rings. The zero-order valence-electron chi connectivity index (χ0n) is 8.69. The van der Waals surface area contributed by atoms with Crippen LogP contribution < -0.4 is 4.74 Å². The van der Waals surface area contributed by atoms with Crippen LogP contribution in [-0.2, 0) is 4.79 Å². The lowest BCUT2D eigenvalue weighted by Crippen LogP contribution is -1.98. The molecule has 0 radical (unpaired) electrons. The van der Waals surface area contributed by atoms with Crippen LogP contribution in [0.25, 0.3) is 0 Å². The molecule has 0 heterocycles. The van der Waals surface area contributed by atoms with Crippen molar-refractivity contribution in [2.75, 3.05) is 7.11 Å². The van der Waals surface area contributed by atoms with Gasteiger partial charge < -0.3 is 14.6 Å². The Kier molecular flexibility index (Phi) is 4.10. The third-order valence-corrected chi connectivity index (χ3v) is 1.85. The zero-order chi connectivity index (χ0) is 12.0. The molecular formula is C12H10O4. The molecular weight excluding hydrogens is 208 g/mol. The van der Waals surface area contributed by atoms with Gasteiger partial charge in [0.2, 0.25) is 0 Å². The number of aromatic carboxylic acids is 1. The number of carbonyl (C=O) groups excluding carboxylic acids is 1. The fourth-order valence-electron chi connectivity index (χ4n) is 1.13. The summed E-state index contributed by atoms with van der Waals surface area (Å²) in [4.78, 5) is 20.8. The third-order valence-electron chi connectivity index (χ3n) is 1.85. The number of carboxylic acids is 1. The van der Waals surface area contributed by atoms with Crippen LogP contribution >= 0.6 is 0 Å². The number of carboxylic acid groups (broad SMARTS) is 1. The molecule has 0 saturated carbocycles. The first-order valence-electron chi connectivity index (χ1n) is 4.53. The van der Waals surface area contributed by atoms with E-state index in [4.69, 9.17) is 9.84 Å². The van der Waals surface area contributed by atoms with E-state index < -0.39 is 5.97 Å². The van der Waals surface area contributed by atoms with E-state index in [2.05, 4.69) is 11.8 Å². The molecule has 4 heteroatoms. The summed E-state index contributed by atoms with van der Waals surface area (Å²) in [6.45, 7) is 0. The molecule has 0 spiro atoms. The summed E-state index contributed by atoms with van der Waals surface area (Å²) in [7, 11) is 1.47. The standard InChI is InChI=1S/C12H10O4/c1-16-11-6-5-10(12(14)15)8-9(11)4-2-3-7-13/h5-8H,3H2,1H3,(H,14,15). The average molecular weight is 218 g/mol. The molecule has 0 fully saturated rings. The normalized spacial score (nSPS) is 8.81. The molecule has 0 aromatic heterocycles.